The first-order valence-electron chi connectivity index (χ1n) is 10.8. The van der Waals surface area contributed by atoms with E-state index in [0.717, 1.165) is 5.56 Å². The Morgan fingerprint density at radius 2 is 1.66 bits per heavy atom. The van der Waals surface area contributed by atoms with Crippen molar-refractivity contribution < 1.29 is 22.7 Å². The van der Waals surface area contributed by atoms with E-state index in [1.807, 2.05) is 0 Å². The Balaban J connectivity index is 1.36. The van der Waals surface area contributed by atoms with Gasteiger partial charge in [0.2, 0.25) is 15.9 Å². The van der Waals surface area contributed by atoms with Gasteiger partial charge >= 0.3 is 0 Å². The van der Waals surface area contributed by atoms with E-state index in [1.54, 1.807) is 59.5 Å². The van der Waals surface area contributed by atoms with Crippen LogP contribution in [-0.2, 0) is 26.1 Å². The summed E-state index contributed by atoms with van der Waals surface area (Å²) in [5, 5.41) is 2.85. The number of sulfonamides is 1. The Morgan fingerprint density at radius 3 is 2.34 bits per heavy atom. The van der Waals surface area contributed by atoms with E-state index in [2.05, 4.69) is 5.32 Å². The van der Waals surface area contributed by atoms with Gasteiger partial charge in [0, 0.05) is 31.7 Å². The predicted octanol–water partition coefficient (Wildman–Crippen LogP) is 1.63. The Hall–Kier alpha value is -2.75. The van der Waals surface area contributed by atoms with Crippen molar-refractivity contribution in [1.29, 1.82) is 0 Å². The molecule has 32 heavy (non-hydrogen) atoms. The molecule has 2 aliphatic heterocycles. The molecule has 8 nitrogen and oxygen atoms in total. The van der Waals surface area contributed by atoms with Crippen molar-refractivity contribution >= 4 is 21.8 Å². The van der Waals surface area contributed by atoms with Crippen LogP contribution in [0.4, 0.5) is 0 Å². The van der Waals surface area contributed by atoms with E-state index in [-0.39, 0.29) is 23.3 Å². The van der Waals surface area contributed by atoms with Gasteiger partial charge in [-0.15, -0.1) is 0 Å². The van der Waals surface area contributed by atoms with Crippen LogP contribution in [0.15, 0.2) is 59.5 Å². The number of nitrogens with one attached hydrogen (secondary N) is 1. The molecule has 0 saturated carbocycles. The molecule has 2 heterocycles. The number of carbonyl (C=O) groups is 2. The summed E-state index contributed by atoms with van der Waals surface area (Å²) in [5.74, 6) is -0.341. The SMILES string of the molecule is O=C(NCc1ccc(C(=O)N2CCOCC2)cc1)C1CCCN1S(=O)(=O)c1ccccc1. The first-order valence-corrected chi connectivity index (χ1v) is 12.2. The Kier molecular flexibility index (Phi) is 6.88. The lowest BCUT2D eigenvalue weighted by molar-refractivity contribution is -0.124. The minimum absolute atomic E-state index is 0.0309. The second-order valence-electron chi connectivity index (χ2n) is 7.91. The number of nitrogens with zero attached hydrogens (tertiary/aromatic N) is 2. The van der Waals surface area contributed by atoms with Crippen molar-refractivity contribution in [2.24, 2.45) is 0 Å². The summed E-state index contributed by atoms with van der Waals surface area (Å²) in [5.41, 5.74) is 1.44. The Morgan fingerprint density at radius 1 is 0.969 bits per heavy atom. The highest BCUT2D eigenvalue weighted by Crippen LogP contribution is 2.26. The lowest BCUT2D eigenvalue weighted by Crippen LogP contribution is -2.45. The molecule has 1 unspecified atom stereocenters. The fraction of sp³-hybridized carbons (Fsp3) is 0.391. The molecule has 1 atom stereocenters. The number of morpholine rings is 1. The van der Waals surface area contributed by atoms with Crippen molar-refractivity contribution in [1.82, 2.24) is 14.5 Å². The minimum Gasteiger partial charge on any atom is -0.378 e. The average molecular weight is 458 g/mol. The number of amides is 2. The third-order valence-corrected chi connectivity index (χ3v) is 7.74. The highest BCUT2D eigenvalue weighted by molar-refractivity contribution is 7.89. The van der Waals surface area contributed by atoms with E-state index in [4.69, 9.17) is 4.74 Å². The molecule has 9 heteroatoms. The van der Waals surface area contributed by atoms with Gasteiger partial charge in [-0.25, -0.2) is 8.42 Å². The van der Waals surface area contributed by atoms with Gasteiger partial charge in [-0.2, -0.15) is 4.31 Å². The van der Waals surface area contributed by atoms with Crippen molar-refractivity contribution in [2.75, 3.05) is 32.8 Å². The third-order valence-electron chi connectivity index (χ3n) is 5.82. The van der Waals surface area contributed by atoms with Crippen molar-refractivity contribution in [3.05, 3.63) is 65.7 Å². The summed E-state index contributed by atoms with van der Waals surface area (Å²) in [7, 11) is -3.72. The first-order chi connectivity index (χ1) is 15.5. The van der Waals surface area contributed by atoms with Crippen molar-refractivity contribution in [2.45, 2.75) is 30.3 Å². The van der Waals surface area contributed by atoms with Gasteiger partial charge in [-0.3, -0.25) is 9.59 Å². The molecule has 0 radical (unpaired) electrons. The fourth-order valence-electron chi connectivity index (χ4n) is 4.04. The number of hydrogen-bond donors (Lipinski definition) is 1. The quantitative estimate of drug-likeness (QED) is 0.711. The van der Waals surface area contributed by atoms with Crippen molar-refractivity contribution in [3.8, 4) is 0 Å². The van der Waals surface area contributed by atoms with Gasteiger partial charge in [0.15, 0.2) is 0 Å². The van der Waals surface area contributed by atoms with E-state index < -0.39 is 16.1 Å². The Labute approximate surface area is 188 Å². The van der Waals surface area contributed by atoms with Crippen LogP contribution >= 0.6 is 0 Å². The molecule has 1 N–H and O–H groups in total. The second-order valence-corrected chi connectivity index (χ2v) is 9.80. The maximum atomic E-state index is 13.0. The lowest BCUT2D eigenvalue weighted by Gasteiger charge is -2.27. The van der Waals surface area contributed by atoms with Crippen LogP contribution in [0.2, 0.25) is 0 Å². The zero-order chi connectivity index (χ0) is 22.6. The molecule has 2 aliphatic rings. The third kappa shape index (κ3) is 4.85. The minimum atomic E-state index is -3.72. The molecule has 0 bridgehead atoms. The second kappa shape index (κ2) is 9.81. The number of ether oxygens (including phenoxy) is 1. The standard InChI is InChI=1S/C23H27N3O5S/c27-22(21-7-4-12-26(21)32(29,30)20-5-2-1-3-6-20)24-17-18-8-10-19(11-9-18)23(28)25-13-15-31-16-14-25/h1-3,5-6,8-11,21H,4,7,12-17H2,(H,24,27). The van der Waals surface area contributed by atoms with Crippen molar-refractivity contribution in [3.63, 3.8) is 0 Å². The molecular formula is C23H27N3O5S. The molecule has 170 valence electrons. The largest absolute Gasteiger partial charge is 0.378 e. The summed E-state index contributed by atoms with van der Waals surface area (Å²) >= 11 is 0. The van der Waals surface area contributed by atoms with E-state index >= 15 is 0 Å². The molecule has 0 aliphatic carbocycles. The smallest absolute Gasteiger partial charge is 0.254 e. The summed E-state index contributed by atoms with van der Waals surface area (Å²) in [6.45, 7) is 2.86. The van der Waals surface area contributed by atoms with Gasteiger partial charge < -0.3 is 15.0 Å². The molecule has 2 fully saturated rings. The molecule has 2 aromatic carbocycles. The van der Waals surface area contributed by atoms with Gasteiger partial charge in [0.05, 0.1) is 18.1 Å². The van der Waals surface area contributed by atoms with Gasteiger partial charge in [-0.1, -0.05) is 30.3 Å². The topological polar surface area (TPSA) is 96.0 Å². The monoisotopic (exact) mass is 457 g/mol. The highest BCUT2D eigenvalue weighted by Gasteiger charge is 2.39. The van der Waals surface area contributed by atoms with E-state index in [9.17, 15) is 18.0 Å². The molecule has 4 rings (SSSR count). The number of carbonyl (C=O) groups excluding carboxylic acids is 2. The molecule has 2 saturated heterocycles. The van der Waals surface area contributed by atoms with Crippen LogP contribution in [0.25, 0.3) is 0 Å². The number of benzene rings is 2. The van der Waals surface area contributed by atoms with Crippen LogP contribution in [0, 0.1) is 0 Å². The first kappa shape index (κ1) is 22.4. The predicted molar refractivity (Wildman–Crippen MR) is 118 cm³/mol. The van der Waals surface area contributed by atoms with E-state index in [0.29, 0.717) is 51.3 Å². The lowest BCUT2D eigenvalue weighted by atomic mass is 10.1. The average Bonchev–Trinajstić information content (AvgIpc) is 3.35. The zero-order valence-corrected chi connectivity index (χ0v) is 18.6. The van der Waals surface area contributed by atoms with Crippen LogP contribution in [-0.4, -0.2) is 68.3 Å². The van der Waals surface area contributed by atoms with Crippen LogP contribution in [0.5, 0.6) is 0 Å². The van der Waals surface area contributed by atoms with E-state index in [1.165, 1.54) is 4.31 Å². The highest BCUT2D eigenvalue weighted by atomic mass is 32.2. The Bertz CT molecular complexity index is 1050. The zero-order valence-electron chi connectivity index (χ0n) is 17.8. The van der Waals surface area contributed by atoms with Crippen LogP contribution in [0.3, 0.4) is 0 Å². The normalized spacial score (nSPS) is 19.6. The fourth-order valence-corrected chi connectivity index (χ4v) is 5.72. The summed E-state index contributed by atoms with van der Waals surface area (Å²) < 4.78 is 32.5. The van der Waals surface area contributed by atoms with Gasteiger partial charge in [-0.05, 0) is 42.7 Å². The molecule has 0 aromatic heterocycles. The number of rotatable bonds is 6. The summed E-state index contributed by atoms with van der Waals surface area (Å²) in [4.78, 5) is 27.3. The number of hydrogen-bond acceptors (Lipinski definition) is 5. The molecule has 0 spiro atoms. The molecule has 2 aromatic rings. The summed E-state index contributed by atoms with van der Waals surface area (Å²) in [6.07, 6.45) is 1.13. The molecular weight excluding hydrogens is 430 g/mol. The summed E-state index contributed by atoms with van der Waals surface area (Å²) in [6, 6.07) is 14.6. The maximum absolute atomic E-state index is 13.0. The maximum Gasteiger partial charge on any atom is 0.254 e. The van der Waals surface area contributed by atoms with Crippen LogP contribution < -0.4 is 5.32 Å². The van der Waals surface area contributed by atoms with Gasteiger partial charge in [0.1, 0.15) is 6.04 Å². The van der Waals surface area contributed by atoms with Gasteiger partial charge in [0.25, 0.3) is 5.91 Å². The molecule has 2 amide bonds. The van der Waals surface area contributed by atoms with Crippen LogP contribution in [0.1, 0.15) is 28.8 Å².